The van der Waals surface area contributed by atoms with Gasteiger partial charge in [0.1, 0.15) is 5.82 Å². The van der Waals surface area contributed by atoms with Crippen molar-refractivity contribution in [3.63, 3.8) is 0 Å². The Kier molecular flexibility index (Phi) is 4.77. The Morgan fingerprint density at radius 1 is 1.18 bits per heavy atom. The molecule has 0 unspecified atom stereocenters. The molecular weight excluding hydrogens is 279 g/mol. The number of amides is 1. The number of piperidine rings is 1. The minimum Gasteiger partial charge on any atom is -0.355 e. The third kappa shape index (κ3) is 3.32. The molecule has 120 valence electrons. The van der Waals surface area contributed by atoms with E-state index in [0.29, 0.717) is 6.54 Å². The van der Waals surface area contributed by atoms with Crippen molar-refractivity contribution in [2.75, 3.05) is 19.6 Å². The third-order valence-electron chi connectivity index (χ3n) is 5.33. The number of carbonyl (C=O) groups excluding carboxylic acids is 1. The molecule has 1 heterocycles. The summed E-state index contributed by atoms with van der Waals surface area (Å²) >= 11 is 0. The lowest BCUT2D eigenvalue weighted by molar-refractivity contribution is -0.126. The minimum atomic E-state index is -0.198. The molecule has 1 aromatic carbocycles. The minimum absolute atomic E-state index is 0.00369. The highest BCUT2D eigenvalue weighted by atomic mass is 19.1. The third-order valence-corrected chi connectivity index (χ3v) is 5.33. The van der Waals surface area contributed by atoms with E-state index in [0.717, 1.165) is 44.3 Å². The predicted molar refractivity (Wildman–Crippen MR) is 85.1 cm³/mol. The summed E-state index contributed by atoms with van der Waals surface area (Å²) in [6.45, 7) is 2.55. The lowest BCUT2D eigenvalue weighted by atomic mass is 9.78. The van der Waals surface area contributed by atoms with E-state index in [1.54, 1.807) is 0 Å². The van der Waals surface area contributed by atoms with Crippen LogP contribution in [0, 0.1) is 11.7 Å². The normalized spacial score (nSPS) is 21.7. The number of hydrogen-bond acceptors (Lipinski definition) is 2. The molecule has 2 N–H and O–H groups in total. The summed E-state index contributed by atoms with van der Waals surface area (Å²) in [5.41, 5.74) is 1.16. The van der Waals surface area contributed by atoms with Crippen molar-refractivity contribution < 1.29 is 9.18 Å². The average molecular weight is 304 g/mol. The highest BCUT2D eigenvalue weighted by Crippen LogP contribution is 2.40. The van der Waals surface area contributed by atoms with E-state index in [4.69, 9.17) is 0 Å². The molecular formula is C18H25FN2O. The van der Waals surface area contributed by atoms with Crippen molar-refractivity contribution in [3.05, 3.63) is 35.6 Å². The summed E-state index contributed by atoms with van der Waals surface area (Å²) in [6.07, 6.45) is 6.36. The summed E-state index contributed by atoms with van der Waals surface area (Å²) < 4.78 is 13.2. The fraction of sp³-hybridized carbons (Fsp3) is 0.611. The van der Waals surface area contributed by atoms with Crippen LogP contribution in [0.15, 0.2) is 24.3 Å². The molecule has 2 aliphatic rings. The second-order valence-corrected chi connectivity index (χ2v) is 6.74. The predicted octanol–water partition coefficient (Wildman–Crippen LogP) is 2.75. The highest BCUT2D eigenvalue weighted by Gasteiger charge is 2.36. The van der Waals surface area contributed by atoms with Crippen LogP contribution in [0.5, 0.6) is 0 Å². The first-order valence-electron chi connectivity index (χ1n) is 8.44. The SMILES string of the molecule is O=C(NCC1(c2ccc(F)cc2)CCCC1)C1CCNCC1. The largest absolute Gasteiger partial charge is 0.355 e. The van der Waals surface area contributed by atoms with Crippen molar-refractivity contribution in [2.24, 2.45) is 5.92 Å². The molecule has 0 bridgehead atoms. The number of hydrogen-bond donors (Lipinski definition) is 2. The zero-order chi connectivity index (χ0) is 15.4. The van der Waals surface area contributed by atoms with Gasteiger partial charge in [0.15, 0.2) is 0 Å². The van der Waals surface area contributed by atoms with Gasteiger partial charge < -0.3 is 10.6 Å². The van der Waals surface area contributed by atoms with E-state index in [1.165, 1.54) is 25.0 Å². The number of halogens is 1. The van der Waals surface area contributed by atoms with Crippen molar-refractivity contribution >= 4 is 5.91 Å². The van der Waals surface area contributed by atoms with E-state index < -0.39 is 0 Å². The van der Waals surface area contributed by atoms with E-state index in [1.807, 2.05) is 12.1 Å². The van der Waals surface area contributed by atoms with Crippen LogP contribution in [0.25, 0.3) is 0 Å². The Labute approximate surface area is 131 Å². The Bertz CT molecular complexity index is 502. The molecule has 1 saturated carbocycles. The van der Waals surface area contributed by atoms with Crippen LogP contribution in [0.3, 0.4) is 0 Å². The van der Waals surface area contributed by atoms with Crippen molar-refractivity contribution in [1.29, 1.82) is 0 Å². The van der Waals surface area contributed by atoms with E-state index in [2.05, 4.69) is 10.6 Å². The number of carbonyl (C=O) groups is 1. The molecule has 3 nitrogen and oxygen atoms in total. The van der Waals surface area contributed by atoms with Crippen LogP contribution >= 0.6 is 0 Å². The Morgan fingerprint density at radius 2 is 1.82 bits per heavy atom. The first-order chi connectivity index (χ1) is 10.7. The Morgan fingerprint density at radius 3 is 2.45 bits per heavy atom. The molecule has 0 radical (unpaired) electrons. The molecule has 3 rings (SSSR count). The smallest absolute Gasteiger partial charge is 0.223 e. The van der Waals surface area contributed by atoms with Crippen molar-refractivity contribution in [2.45, 2.75) is 43.9 Å². The zero-order valence-corrected chi connectivity index (χ0v) is 13.0. The first kappa shape index (κ1) is 15.5. The van der Waals surface area contributed by atoms with Gasteiger partial charge >= 0.3 is 0 Å². The van der Waals surface area contributed by atoms with Gasteiger partial charge in [-0.3, -0.25) is 4.79 Å². The van der Waals surface area contributed by atoms with Crippen LogP contribution in [-0.2, 0) is 10.2 Å². The van der Waals surface area contributed by atoms with Crippen LogP contribution in [0.1, 0.15) is 44.1 Å². The van der Waals surface area contributed by atoms with Gasteiger partial charge in [0.05, 0.1) is 0 Å². The standard InChI is InChI=1S/C18H25FN2O/c19-16-5-3-15(4-6-16)18(9-1-2-10-18)13-21-17(22)14-7-11-20-12-8-14/h3-6,14,20H,1-2,7-13H2,(H,21,22). The van der Waals surface area contributed by atoms with Gasteiger partial charge in [0.2, 0.25) is 5.91 Å². The molecule has 1 aliphatic carbocycles. The van der Waals surface area contributed by atoms with Crippen LogP contribution in [0.4, 0.5) is 4.39 Å². The van der Waals surface area contributed by atoms with Crippen LogP contribution in [0.2, 0.25) is 0 Å². The number of benzene rings is 1. The van der Waals surface area contributed by atoms with Gasteiger partial charge in [-0.05, 0) is 56.5 Å². The van der Waals surface area contributed by atoms with Crippen molar-refractivity contribution in [3.8, 4) is 0 Å². The molecule has 1 amide bonds. The summed E-state index contributed by atoms with van der Waals surface area (Å²) in [5.74, 6) is 0.137. The summed E-state index contributed by atoms with van der Waals surface area (Å²) in [5, 5.41) is 6.48. The van der Waals surface area contributed by atoms with E-state index in [-0.39, 0.29) is 23.1 Å². The monoisotopic (exact) mass is 304 g/mol. The summed E-state index contributed by atoms with van der Waals surface area (Å²) in [4.78, 5) is 12.4. The van der Waals surface area contributed by atoms with Gasteiger partial charge in [-0.25, -0.2) is 4.39 Å². The topological polar surface area (TPSA) is 41.1 Å². The maximum Gasteiger partial charge on any atom is 0.223 e. The fourth-order valence-electron chi connectivity index (χ4n) is 3.91. The highest BCUT2D eigenvalue weighted by molar-refractivity contribution is 5.78. The average Bonchev–Trinajstić information content (AvgIpc) is 3.04. The molecule has 1 aromatic rings. The molecule has 1 saturated heterocycles. The second-order valence-electron chi connectivity index (χ2n) is 6.74. The van der Waals surface area contributed by atoms with Gasteiger partial charge in [-0.15, -0.1) is 0 Å². The lowest BCUT2D eigenvalue weighted by Crippen LogP contribution is -2.44. The van der Waals surface area contributed by atoms with Gasteiger partial charge in [-0.1, -0.05) is 25.0 Å². The maximum atomic E-state index is 13.2. The van der Waals surface area contributed by atoms with Crippen LogP contribution < -0.4 is 10.6 Å². The molecule has 2 fully saturated rings. The second kappa shape index (κ2) is 6.78. The van der Waals surface area contributed by atoms with Crippen LogP contribution in [-0.4, -0.2) is 25.5 Å². The first-order valence-corrected chi connectivity index (χ1v) is 8.44. The maximum absolute atomic E-state index is 13.2. The lowest BCUT2D eigenvalue weighted by Gasteiger charge is -2.31. The summed E-state index contributed by atoms with van der Waals surface area (Å²) in [6, 6.07) is 6.84. The van der Waals surface area contributed by atoms with Gasteiger partial charge in [-0.2, -0.15) is 0 Å². The Hall–Kier alpha value is -1.42. The van der Waals surface area contributed by atoms with Gasteiger partial charge in [0, 0.05) is 17.9 Å². The number of nitrogens with one attached hydrogen (secondary N) is 2. The fourth-order valence-corrected chi connectivity index (χ4v) is 3.91. The molecule has 0 aromatic heterocycles. The Balaban J connectivity index is 1.66. The van der Waals surface area contributed by atoms with Crippen molar-refractivity contribution in [1.82, 2.24) is 10.6 Å². The quantitative estimate of drug-likeness (QED) is 0.898. The molecule has 0 spiro atoms. The molecule has 22 heavy (non-hydrogen) atoms. The van der Waals surface area contributed by atoms with E-state index >= 15 is 0 Å². The van der Waals surface area contributed by atoms with Gasteiger partial charge in [0.25, 0.3) is 0 Å². The molecule has 1 aliphatic heterocycles. The summed E-state index contributed by atoms with van der Waals surface area (Å²) in [7, 11) is 0. The molecule has 0 atom stereocenters. The van der Waals surface area contributed by atoms with E-state index in [9.17, 15) is 9.18 Å². The number of rotatable bonds is 4. The molecule has 4 heteroatoms. The zero-order valence-electron chi connectivity index (χ0n) is 13.0.